The van der Waals surface area contributed by atoms with Crippen molar-refractivity contribution in [1.29, 1.82) is 0 Å². The Morgan fingerprint density at radius 3 is 2.62 bits per heavy atom. The van der Waals surface area contributed by atoms with Crippen molar-refractivity contribution in [3.8, 4) is 0 Å². The minimum atomic E-state index is -0.536. The molecule has 0 aromatic carbocycles. The molecule has 76 valence electrons. The van der Waals surface area contributed by atoms with Crippen LogP contribution >= 0.6 is 0 Å². The van der Waals surface area contributed by atoms with E-state index in [1.807, 2.05) is 0 Å². The smallest absolute Gasteiger partial charge is 0.335 e. The molecular formula is C9H16O4. The summed E-state index contributed by atoms with van der Waals surface area (Å²) in [5, 5.41) is 0. The molecule has 0 saturated carbocycles. The van der Waals surface area contributed by atoms with E-state index >= 15 is 0 Å². The summed E-state index contributed by atoms with van der Waals surface area (Å²) in [5.74, 6) is -0.342. The third kappa shape index (κ3) is 5.25. The van der Waals surface area contributed by atoms with Gasteiger partial charge in [0.1, 0.15) is 0 Å². The molecule has 0 aliphatic heterocycles. The minimum absolute atomic E-state index is 0.342. The van der Waals surface area contributed by atoms with E-state index in [-0.39, 0.29) is 5.97 Å². The highest BCUT2D eigenvalue weighted by Crippen LogP contribution is 2.01. The molecule has 0 aliphatic carbocycles. The van der Waals surface area contributed by atoms with Crippen LogP contribution in [0.3, 0.4) is 0 Å². The Morgan fingerprint density at radius 1 is 1.46 bits per heavy atom. The quantitative estimate of drug-likeness (QED) is 0.462. The highest BCUT2D eigenvalue weighted by molar-refractivity contribution is 5.74. The lowest BCUT2D eigenvalue weighted by molar-refractivity contribution is -0.154. The van der Waals surface area contributed by atoms with Gasteiger partial charge >= 0.3 is 5.97 Å². The van der Waals surface area contributed by atoms with E-state index in [4.69, 9.17) is 9.47 Å². The van der Waals surface area contributed by atoms with Crippen LogP contribution in [-0.2, 0) is 19.0 Å². The summed E-state index contributed by atoms with van der Waals surface area (Å²) in [4.78, 5) is 11.1. The van der Waals surface area contributed by atoms with E-state index in [2.05, 4.69) is 4.74 Å². The fourth-order valence-electron chi connectivity index (χ4n) is 0.799. The Hall–Kier alpha value is -1.03. The van der Waals surface area contributed by atoms with Crippen molar-refractivity contribution < 1.29 is 19.0 Å². The molecule has 1 unspecified atom stereocenters. The molecule has 0 aromatic rings. The van der Waals surface area contributed by atoms with Crippen LogP contribution in [0.2, 0.25) is 0 Å². The van der Waals surface area contributed by atoms with Gasteiger partial charge in [0.15, 0.2) is 6.10 Å². The second-order valence-corrected chi connectivity index (χ2v) is 2.32. The molecule has 1 atom stereocenters. The third-order valence-electron chi connectivity index (χ3n) is 1.42. The van der Waals surface area contributed by atoms with Crippen LogP contribution in [0, 0.1) is 0 Å². The van der Waals surface area contributed by atoms with Gasteiger partial charge < -0.3 is 14.2 Å². The van der Waals surface area contributed by atoms with E-state index in [1.165, 1.54) is 13.4 Å². The maximum atomic E-state index is 11.1. The predicted molar refractivity (Wildman–Crippen MR) is 48.2 cm³/mol. The van der Waals surface area contributed by atoms with Crippen molar-refractivity contribution in [2.45, 2.75) is 19.4 Å². The summed E-state index contributed by atoms with van der Waals surface area (Å²) >= 11 is 0. The summed E-state index contributed by atoms with van der Waals surface area (Å²) in [6, 6.07) is 0. The first kappa shape index (κ1) is 12.0. The fourth-order valence-corrected chi connectivity index (χ4v) is 0.799. The van der Waals surface area contributed by atoms with Gasteiger partial charge in [0.25, 0.3) is 0 Å². The molecule has 0 aliphatic rings. The fraction of sp³-hybridized carbons (Fsp3) is 0.667. The number of hydrogen-bond donors (Lipinski definition) is 0. The van der Waals surface area contributed by atoms with Crippen molar-refractivity contribution in [3.05, 3.63) is 12.3 Å². The Balaban J connectivity index is 3.87. The number of carbonyl (C=O) groups excluding carboxylic acids is 1. The first-order chi connectivity index (χ1) is 6.26. The molecule has 0 amide bonds. The molecule has 0 rings (SSSR count). The molecule has 0 spiro atoms. The van der Waals surface area contributed by atoms with Crippen LogP contribution in [0.25, 0.3) is 0 Å². The first-order valence-corrected chi connectivity index (χ1v) is 4.13. The number of hydrogen-bond acceptors (Lipinski definition) is 4. The van der Waals surface area contributed by atoms with Crippen LogP contribution in [0.15, 0.2) is 12.3 Å². The van der Waals surface area contributed by atoms with Crippen LogP contribution < -0.4 is 0 Å². The van der Waals surface area contributed by atoms with Crippen molar-refractivity contribution in [3.63, 3.8) is 0 Å². The lowest BCUT2D eigenvalue weighted by Gasteiger charge is -2.10. The Labute approximate surface area is 78.5 Å². The maximum absolute atomic E-state index is 11.1. The molecule has 4 nitrogen and oxygen atoms in total. The number of ether oxygens (including phenoxy) is 3. The summed E-state index contributed by atoms with van der Waals surface area (Å²) < 4.78 is 14.4. The lowest BCUT2D eigenvalue weighted by Crippen LogP contribution is -2.24. The number of methoxy groups -OCH3 is 2. The van der Waals surface area contributed by atoms with Crippen LogP contribution in [0.1, 0.15) is 13.3 Å². The van der Waals surface area contributed by atoms with E-state index in [9.17, 15) is 4.79 Å². The predicted octanol–water partition coefficient (Wildman–Crippen LogP) is 1.11. The lowest BCUT2D eigenvalue weighted by atomic mass is 10.2. The van der Waals surface area contributed by atoms with Crippen LogP contribution in [-0.4, -0.2) is 32.9 Å². The number of esters is 1. The Morgan fingerprint density at radius 2 is 2.15 bits per heavy atom. The molecule has 13 heavy (non-hydrogen) atoms. The zero-order valence-corrected chi connectivity index (χ0v) is 8.28. The van der Waals surface area contributed by atoms with E-state index in [1.54, 1.807) is 20.1 Å². The van der Waals surface area contributed by atoms with Gasteiger partial charge in [-0.2, -0.15) is 0 Å². The average Bonchev–Trinajstić information content (AvgIpc) is 2.13. The molecule has 0 N–H and O–H groups in total. The monoisotopic (exact) mass is 188 g/mol. The minimum Gasteiger partial charge on any atom is -0.505 e. The van der Waals surface area contributed by atoms with Gasteiger partial charge in [-0.3, -0.25) is 0 Å². The van der Waals surface area contributed by atoms with Gasteiger partial charge in [0.05, 0.1) is 20.0 Å². The molecule has 4 heteroatoms. The molecule has 0 heterocycles. The number of carbonyl (C=O) groups is 1. The summed E-state index contributed by atoms with van der Waals surface area (Å²) in [6.07, 6.45) is 3.14. The zero-order valence-electron chi connectivity index (χ0n) is 8.28. The van der Waals surface area contributed by atoms with Crippen molar-refractivity contribution >= 4 is 5.97 Å². The van der Waals surface area contributed by atoms with E-state index in [0.717, 1.165) is 0 Å². The van der Waals surface area contributed by atoms with Gasteiger partial charge in [-0.05, 0) is 13.0 Å². The topological polar surface area (TPSA) is 44.8 Å². The van der Waals surface area contributed by atoms with Crippen LogP contribution in [0.4, 0.5) is 0 Å². The summed E-state index contributed by atoms with van der Waals surface area (Å²) in [7, 11) is 3.02. The highest BCUT2D eigenvalue weighted by Gasteiger charge is 2.16. The van der Waals surface area contributed by atoms with Gasteiger partial charge in [-0.15, -0.1) is 0 Å². The maximum Gasteiger partial charge on any atom is 0.335 e. The van der Waals surface area contributed by atoms with Crippen molar-refractivity contribution in [2.75, 3.05) is 20.8 Å². The molecule has 0 fully saturated rings. The Bertz CT molecular complexity index is 165. The van der Waals surface area contributed by atoms with Gasteiger partial charge in [0, 0.05) is 13.5 Å². The summed E-state index contributed by atoms with van der Waals surface area (Å²) in [6.45, 7) is 2.13. The molecule has 0 radical (unpaired) electrons. The number of rotatable bonds is 6. The zero-order chi connectivity index (χ0) is 10.1. The molecule has 0 saturated heterocycles. The van der Waals surface area contributed by atoms with E-state index < -0.39 is 6.10 Å². The average molecular weight is 188 g/mol. The van der Waals surface area contributed by atoms with Gasteiger partial charge in [0.2, 0.25) is 0 Å². The highest BCUT2D eigenvalue weighted by atomic mass is 16.6. The normalized spacial score (nSPS) is 12.8. The van der Waals surface area contributed by atoms with Gasteiger partial charge in [-0.1, -0.05) is 0 Å². The second kappa shape index (κ2) is 7.61. The Kier molecular flexibility index (Phi) is 7.01. The van der Waals surface area contributed by atoms with Crippen molar-refractivity contribution in [2.24, 2.45) is 0 Å². The molecular weight excluding hydrogens is 172 g/mol. The first-order valence-electron chi connectivity index (χ1n) is 4.13. The molecule has 0 bridgehead atoms. The van der Waals surface area contributed by atoms with Crippen molar-refractivity contribution in [1.82, 2.24) is 0 Å². The van der Waals surface area contributed by atoms with Gasteiger partial charge in [-0.25, -0.2) is 4.79 Å². The SMILES string of the molecule is CCOC(=O)C(CC=COC)OC. The third-order valence-corrected chi connectivity index (χ3v) is 1.42. The van der Waals surface area contributed by atoms with Crippen LogP contribution in [0.5, 0.6) is 0 Å². The molecule has 0 aromatic heterocycles. The van der Waals surface area contributed by atoms with E-state index in [0.29, 0.717) is 13.0 Å². The second-order valence-electron chi connectivity index (χ2n) is 2.32. The standard InChI is InChI=1S/C9H16O4/c1-4-13-9(10)8(12-3)6-5-7-11-2/h5,7-8H,4,6H2,1-3H3. The summed E-state index contributed by atoms with van der Waals surface area (Å²) in [5.41, 5.74) is 0. The largest absolute Gasteiger partial charge is 0.505 e.